The van der Waals surface area contributed by atoms with E-state index in [0.717, 1.165) is 16.8 Å². The molecule has 0 aliphatic heterocycles. The van der Waals surface area contributed by atoms with Gasteiger partial charge in [0.15, 0.2) is 11.4 Å². The van der Waals surface area contributed by atoms with Crippen LogP contribution in [0, 0.1) is 34.1 Å². The molecule has 14 heteroatoms. The number of anilines is 2. The van der Waals surface area contributed by atoms with Crippen molar-refractivity contribution in [2.24, 2.45) is 0 Å². The number of methoxy groups -OCH3 is 1. The van der Waals surface area contributed by atoms with E-state index in [4.69, 9.17) is 9.72 Å². The third kappa shape index (κ3) is 6.17. The third-order valence-corrected chi connectivity index (χ3v) is 7.44. The fraction of sp³-hybridized carbons (Fsp3) is 0.156. The number of ether oxygens (including phenoxy) is 1. The number of nitro groups is 2. The molecule has 0 saturated carbocycles. The number of nitro benzene ring substituents is 2. The number of hydrogen-bond acceptors (Lipinski definition) is 9. The number of carboxylic acid groups (broad SMARTS) is 1. The van der Waals surface area contributed by atoms with E-state index in [9.17, 15) is 34.9 Å². The van der Waals surface area contributed by atoms with Crippen molar-refractivity contribution >= 4 is 40.4 Å². The smallest absolute Gasteiger partial charge is 0.311 e. The number of para-hydroxylation sites is 1. The highest BCUT2D eigenvalue weighted by Gasteiger charge is 2.26. The highest BCUT2D eigenvalue weighted by atomic mass is 16.6. The van der Waals surface area contributed by atoms with E-state index < -0.39 is 34.2 Å². The minimum atomic E-state index is -1.22. The number of carbonyl (C=O) groups excluding carboxylic acids is 1. The summed E-state index contributed by atoms with van der Waals surface area (Å²) >= 11 is 0. The van der Waals surface area contributed by atoms with Gasteiger partial charge in [-0.2, -0.15) is 0 Å². The molecule has 0 fully saturated rings. The molecule has 5 rings (SSSR count). The summed E-state index contributed by atoms with van der Waals surface area (Å²) < 4.78 is 6.80. The van der Waals surface area contributed by atoms with Crippen molar-refractivity contribution in [2.45, 2.75) is 26.3 Å². The van der Waals surface area contributed by atoms with E-state index >= 15 is 0 Å². The van der Waals surface area contributed by atoms with E-state index in [1.54, 1.807) is 22.7 Å². The number of non-ortho nitro benzene ring substituents is 1. The molecular weight excluding hydrogens is 596 g/mol. The van der Waals surface area contributed by atoms with Gasteiger partial charge in [0, 0.05) is 35.6 Å². The van der Waals surface area contributed by atoms with Crippen molar-refractivity contribution < 1.29 is 29.3 Å². The average molecular weight is 625 g/mol. The van der Waals surface area contributed by atoms with Crippen molar-refractivity contribution in [3.8, 4) is 17.0 Å². The Balaban J connectivity index is 1.66. The van der Waals surface area contributed by atoms with E-state index in [2.05, 4.69) is 10.6 Å². The molecule has 0 bridgehead atoms. The monoisotopic (exact) mass is 624 g/mol. The van der Waals surface area contributed by atoms with Crippen LogP contribution in [0.4, 0.5) is 22.9 Å². The van der Waals surface area contributed by atoms with Gasteiger partial charge in [-0.1, -0.05) is 30.3 Å². The van der Waals surface area contributed by atoms with Crippen LogP contribution in [0.3, 0.4) is 0 Å². The van der Waals surface area contributed by atoms with E-state index in [1.165, 1.54) is 49.6 Å². The number of imidazole rings is 1. The topological polar surface area (TPSA) is 191 Å². The standard InChI is InChI=1S/C32H28N6O8/c1-18-7-4-8-19(2)28(18)34-31-29(21-12-13-26(46-3)25(16-21)38(44)45)35-30-23(11-6-14-36(30)31)32(41)33-24(17-27(39)40)20-9-5-10-22(15-20)37(42)43/h4-16,24,34H,17H2,1-3H3,(H,33,41)(H,39,40). The zero-order chi connectivity index (χ0) is 33.1. The van der Waals surface area contributed by atoms with Crippen LogP contribution in [0.2, 0.25) is 0 Å². The number of nitrogens with zero attached hydrogens (tertiary/aromatic N) is 4. The highest BCUT2D eigenvalue weighted by Crippen LogP contribution is 2.38. The summed E-state index contributed by atoms with van der Waals surface area (Å²) in [5.74, 6) is -1.42. The van der Waals surface area contributed by atoms with Crippen molar-refractivity contribution in [3.05, 3.63) is 121 Å². The Morgan fingerprint density at radius 2 is 1.70 bits per heavy atom. The Morgan fingerprint density at radius 3 is 2.35 bits per heavy atom. The number of carboxylic acids is 1. The number of carbonyl (C=O) groups is 2. The molecule has 5 aromatic rings. The molecule has 14 nitrogen and oxygen atoms in total. The first-order valence-electron chi connectivity index (χ1n) is 13.9. The number of pyridine rings is 1. The number of aryl methyl sites for hydroxylation is 2. The molecule has 2 heterocycles. The fourth-order valence-corrected chi connectivity index (χ4v) is 5.19. The molecule has 0 aliphatic rings. The van der Waals surface area contributed by atoms with Crippen molar-refractivity contribution in [2.75, 3.05) is 12.4 Å². The predicted octanol–water partition coefficient (Wildman–Crippen LogP) is 6.13. The second-order valence-corrected chi connectivity index (χ2v) is 10.4. The zero-order valence-electron chi connectivity index (χ0n) is 24.9. The van der Waals surface area contributed by atoms with Gasteiger partial charge in [-0.25, -0.2) is 4.98 Å². The zero-order valence-corrected chi connectivity index (χ0v) is 24.9. The van der Waals surface area contributed by atoms with Crippen LogP contribution in [0.5, 0.6) is 5.75 Å². The lowest BCUT2D eigenvalue weighted by Crippen LogP contribution is -2.30. The Labute approximate surface area is 261 Å². The van der Waals surface area contributed by atoms with E-state index in [1.807, 2.05) is 32.0 Å². The van der Waals surface area contributed by atoms with Crippen LogP contribution < -0.4 is 15.4 Å². The summed E-state index contributed by atoms with van der Waals surface area (Å²) in [6.07, 6.45) is 1.14. The number of nitrogens with one attached hydrogen (secondary N) is 2. The van der Waals surface area contributed by atoms with E-state index in [0.29, 0.717) is 17.1 Å². The van der Waals surface area contributed by atoms with Gasteiger partial charge in [-0.05, 0) is 54.8 Å². The Kier molecular flexibility index (Phi) is 8.62. The average Bonchev–Trinajstić information content (AvgIpc) is 3.40. The first kappa shape index (κ1) is 31.1. The highest BCUT2D eigenvalue weighted by molar-refractivity contribution is 6.01. The molecule has 0 saturated heterocycles. The van der Waals surface area contributed by atoms with Gasteiger partial charge >= 0.3 is 11.7 Å². The number of rotatable bonds is 11. The minimum Gasteiger partial charge on any atom is -0.490 e. The first-order chi connectivity index (χ1) is 22.0. The molecule has 46 heavy (non-hydrogen) atoms. The summed E-state index contributed by atoms with van der Waals surface area (Å²) in [4.78, 5) is 52.3. The second-order valence-electron chi connectivity index (χ2n) is 10.4. The van der Waals surface area contributed by atoms with Gasteiger partial charge in [0.1, 0.15) is 11.5 Å². The number of aromatic nitrogens is 2. The molecule has 2 aromatic heterocycles. The Morgan fingerprint density at radius 1 is 0.978 bits per heavy atom. The largest absolute Gasteiger partial charge is 0.490 e. The molecular formula is C32H28N6O8. The van der Waals surface area contributed by atoms with E-state index in [-0.39, 0.29) is 33.9 Å². The molecule has 0 radical (unpaired) electrons. The molecule has 3 N–H and O–H groups in total. The molecule has 1 atom stereocenters. The lowest BCUT2D eigenvalue weighted by atomic mass is 10.0. The van der Waals surface area contributed by atoms with Crippen LogP contribution >= 0.6 is 0 Å². The van der Waals surface area contributed by atoms with Crippen molar-refractivity contribution in [1.82, 2.24) is 14.7 Å². The maximum absolute atomic E-state index is 13.8. The Hall–Kier alpha value is -6.31. The van der Waals surface area contributed by atoms with Crippen LogP contribution in [0.15, 0.2) is 79.0 Å². The van der Waals surface area contributed by atoms with Gasteiger partial charge < -0.3 is 20.5 Å². The van der Waals surface area contributed by atoms with Gasteiger partial charge in [-0.3, -0.25) is 34.2 Å². The number of aliphatic carboxylic acids is 1. The van der Waals surface area contributed by atoms with Crippen LogP contribution in [-0.4, -0.2) is 43.3 Å². The molecule has 3 aromatic carbocycles. The summed E-state index contributed by atoms with van der Waals surface area (Å²) in [7, 11) is 1.33. The summed E-state index contributed by atoms with van der Waals surface area (Å²) in [5, 5.41) is 38.9. The lowest BCUT2D eigenvalue weighted by molar-refractivity contribution is -0.385. The maximum atomic E-state index is 13.8. The quantitative estimate of drug-likeness (QED) is 0.114. The molecule has 1 unspecified atom stereocenters. The van der Waals surface area contributed by atoms with Gasteiger partial charge in [-0.15, -0.1) is 0 Å². The molecule has 234 valence electrons. The number of amides is 1. The summed E-state index contributed by atoms with van der Waals surface area (Å²) in [6, 6.07) is 17.6. The van der Waals surface area contributed by atoms with Crippen LogP contribution in [0.1, 0.15) is 39.5 Å². The third-order valence-electron chi connectivity index (χ3n) is 7.44. The summed E-state index contributed by atoms with van der Waals surface area (Å²) in [5.41, 5.74) is 3.25. The SMILES string of the molecule is COc1ccc(-c2nc3c(C(=O)NC(CC(=O)O)c4cccc([N+](=O)[O-])c4)cccn3c2Nc2c(C)cccc2C)cc1[N+](=O)[O-]. The predicted molar refractivity (Wildman–Crippen MR) is 169 cm³/mol. The van der Waals surface area contributed by atoms with Crippen molar-refractivity contribution in [3.63, 3.8) is 0 Å². The summed E-state index contributed by atoms with van der Waals surface area (Å²) in [6.45, 7) is 3.84. The van der Waals surface area contributed by atoms with Crippen molar-refractivity contribution in [1.29, 1.82) is 0 Å². The lowest BCUT2D eigenvalue weighted by Gasteiger charge is -2.18. The normalized spacial score (nSPS) is 11.5. The number of benzene rings is 3. The maximum Gasteiger partial charge on any atom is 0.311 e. The Bertz CT molecular complexity index is 2000. The first-order valence-corrected chi connectivity index (χ1v) is 13.9. The van der Waals surface area contributed by atoms with Gasteiger partial charge in [0.05, 0.1) is 35.0 Å². The molecule has 1 amide bonds. The minimum absolute atomic E-state index is 0.0625. The van der Waals surface area contributed by atoms with Crippen LogP contribution in [-0.2, 0) is 4.79 Å². The fourth-order valence-electron chi connectivity index (χ4n) is 5.19. The molecule has 0 spiro atoms. The number of hydrogen-bond donors (Lipinski definition) is 3. The van der Waals surface area contributed by atoms with Gasteiger partial charge in [0.2, 0.25) is 0 Å². The van der Waals surface area contributed by atoms with Gasteiger partial charge in [0.25, 0.3) is 11.6 Å². The second kappa shape index (κ2) is 12.7. The van der Waals surface area contributed by atoms with Crippen LogP contribution in [0.25, 0.3) is 16.9 Å². The number of fused-ring (bicyclic) bond motifs is 1. The molecule has 0 aliphatic carbocycles.